The third kappa shape index (κ3) is 5.66. The molecular weight excluding hydrogens is 493 g/mol. The molecule has 0 bridgehead atoms. The van der Waals surface area contributed by atoms with Crippen molar-refractivity contribution in [1.82, 2.24) is 15.2 Å². The molecule has 2 aromatic carbocycles. The van der Waals surface area contributed by atoms with E-state index in [1.165, 1.54) is 50.8 Å². The molecule has 0 radical (unpaired) electrons. The van der Waals surface area contributed by atoms with Gasteiger partial charge in [-0.25, -0.2) is 4.39 Å². The van der Waals surface area contributed by atoms with Gasteiger partial charge in [0.1, 0.15) is 22.9 Å². The number of benzene rings is 2. The van der Waals surface area contributed by atoms with Gasteiger partial charge < -0.3 is 20.7 Å². The van der Waals surface area contributed by atoms with Crippen LogP contribution >= 0.6 is 0 Å². The molecule has 0 unspecified atom stereocenters. The smallest absolute Gasteiger partial charge is 0.257 e. The number of nitrogens with one attached hydrogen (secondary N) is 3. The van der Waals surface area contributed by atoms with Crippen LogP contribution in [0.1, 0.15) is 28.4 Å². The number of ether oxygens (including phenoxy) is 1. The van der Waals surface area contributed by atoms with Gasteiger partial charge in [-0.15, -0.1) is 0 Å². The largest absolute Gasteiger partial charge is 0.484 e. The first-order chi connectivity index (χ1) is 18.2. The van der Waals surface area contributed by atoms with Gasteiger partial charge in [-0.05, 0) is 43.2 Å². The number of carbonyl (C=O) groups is 3. The zero-order valence-electron chi connectivity index (χ0n) is 21.8. The third-order valence-corrected chi connectivity index (χ3v) is 6.03. The minimum Gasteiger partial charge on any atom is -0.484 e. The summed E-state index contributed by atoms with van der Waals surface area (Å²) in [7, 11) is 4.33. The summed E-state index contributed by atoms with van der Waals surface area (Å²) in [6.45, 7) is 3.15. The lowest BCUT2D eigenvalue weighted by Gasteiger charge is -2.26. The molecule has 0 aliphatic rings. The Labute approximate surface area is 219 Å². The van der Waals surface area contributed by atoms with Gasteiger partial charge in [0.2, 0.25) is 6.41 Å². The van der Waals surface area contributed by atoms with Crippen LogP contribution in [-0.4, -0.2) is 43.5 Å². The van der Waals surface area contributed by atoms with Crippen molar-refractivity contribution in [3.63, 3.8) is 0 Å². The third-order valence-electron chi connectivity index (χ3n) is 6.03. The molecule has 0 spiro atoms. The van der Waals surface area contributed by atoms with Gasteiger partial charge in [-0.2, -0.15) is 0 Å². The SMILES string of the molecule is CCc1ccc(Nc2c(C(=O)NC)c(N(C=O)c3cccc(OCC(=O)NC)c3)c(C)c(=O)n2C)c(F)c1. The van der Waals surface area contributed by atoms with Crippen LogP contribution in [0.15, 0.2) is 47.3 Å². The van der Waals surface area contributed by atoms with E-state index in [4.69, 9.17) is 4.74 Å². The summed E-state index contributed by atoms with van der Waals surface area (Å²) >= 11 is 0. The monoisotopic (exact) mass is 523 g/mol. The second-order valence-corrected chi connectivity index (χ2v) is 8.37. The molecule has 200 valence electrons. The van der Waals surface area contributed by atoms with E-state index in [-0.39, 0.29) is 52.3 Å². The maximum Gasteiger partial charge on any atom is 0.257 e. The lowest BCUT2D eigenvalue weighted by Crippen LogP contribution is -2.33. The standard InChI is InChI=1S/C27H30FN5O5/c1-6-17-10-11-21(20(28)12-17)31-25-23(26(36)30-4)24(16(2)27(37)32(25)5)33(15-34)18-8-7-9-19(13-18)38-14-22(35)29-3/h7-13,15,31H,6,14H2,1-5H3,(H,29,35)(H,30,36). The first-order valence-electron chi connectivity index (χ1n) is 11.9. The van der Waals surface area contributed by atoms with Crippen LogP contribution in [0.3, 0.4) is 0 Å². The fourth-order valence-corrected chi connectivity index (χ4v) is 3.90. The number of carbonyl (C=O) groups excluding carboxylic acids is 3. The first-order valence-corrected chi connectivity index (χ1v) is 11.9. The molecule has 3 N–H and O–H groups in total. The van der Waals surface area contributed by atoms with E-state index in [0.717, 1.165) is 10.5 Å². The Kier molecular flexibility index (Phi) is 8.85. The van der Waals surface area contributed by atoms with Crippen molar-refractivity contribution >= 4 is 41.1 Å². The summed E-state index contributed by atoms with van der Waals surface area (Å²) in [6.07, 6.45) is 1.10. The number of pyridine rings is 1. The van der Waals surface area contributed by atoms with E-state index in [2.05, 4.69) is 16.0 Å². The van der Waals surface area contributed by atoms with Crippen LogP contribution in [0, 0.1) is 12.7 Å². The first kappa shape index (κ1) is 27.9. The van der Waals surface area contributed by atoms with E-state index in [0.29, 0.717) is 12.8 Å². The van der Waals surface area contributed by atoms with Gasteiger partial charge >= 0.3 is 0 Å². The van der Waals surface area contributed by atoms with Crippen molar-refractivity contribution in [2.24, 2.45) is 7.05 Å². The number of amides is 3. The molecule has 0 atom stereocenters. The second-order valence-electron chi connectivity index (χ2n) is 8.37. The molecule has 3 aromatic rings. The van der Waals surface area contributed by atoms with Crippen molar-refractivity contribution in [2.75, 3.05) is 30.9 Å². The van der Waals surface area contributed by atoms with Crippen molar-refractivity contribution in [3.05, 3.63) is 75.3 Å². The van der Waals surface area contributed by atoms with Crippen molar-refractivity contribution in [2.45, 2.75) is 20.3 Å². The number of likely N-dealkylation sites (N-methyl/N-ethyl adjacent to an activating group) is 1. The molecule has 3 amide bonds. The predicted octanol–water partition coefficient (Wildman–Crippen LogP) is 2.92. The molecule has 0 aliphatic carbocycles. The number of aromatic nitrogens is 1. The minimum absolute atomic E-state index is 0.00281. The van der Waals surface area contributed by atoms with Crippen LogP contribution in [-0.2, 0) is 23.1 Å². The Morgan fingerprint density at radius 1 is 1.13 bits per heavy atom. The second kappa shape index (κ2) is 12.0. The van der Waals surface area contributed by atoms with E-state index >= 15 is 0 Å². The highest BCUT2D eigenvalue weighted by Gasteiger charge is 2.28. The number of anilines is 4. The average Bonchev–Trinajstić information content (AvgIpc) is 2.93. The number of rotatable bonds is 10. The van der Waals surface area contributed by atoms with Gasteiger partial charge in [0.05, 0.1) is 17.1 Å². The molecule has 0 saturated heterocycles. The Bertz CT molecular complexity index is 1440. The summed E-state index contributed by atoms with van der Waals surface area (Å²) in [6, 6.07) is 10.9. The number of aryl methyl sites for hydroxylation is 1. The Hall–Kier alpha value is -4.67. The summed E-state index contributed by atoms with van der Waals surface area (Å²) in [5.74, 6) is -1.23. The quantitative estimate of drug-likeness (QED) is 0.352. The highest BCUT2D eigenvalue weighted by Crippen LogP contribution is 2.36. The lowest BCUT2D eigenvalue weighted by molar-refractivity contribution is -0.122. The predicted molar refractivity (Wildman–Crippen MR) is 143 cm³/mol. The summed E-state index contributed by atoms with van der Waals surface area (Å²) < 4.78 is 21.6. The molecule has 10 nitrogen and oxygen atoms in total. The molecular formula is C27H30FN5O5. The summed E-state index contributed by atoms with van der Waals surface area (Å²) in [5.41, 5.74) is 0.694. The van der Waals surface area contributed by atoms with Gasteiger partial charge in [0.25, 0.3) is 17.4 Å². The molecule has 0 aliphatic heterocycles. The van der Waals surface area contributed by atoms with Crippen molar-refractivity contribution in [3.8, 4) is 5.75 Å². The van der Waals surface area contributed by atoms with E-state index < -0.39 is 17.3 Å². The highest BCUT2D eigenvalue weighted by atomic mass is 19.1. The van der Waals surface area contributed by atoms with E-state index in [1.54, 1.807) is 24.3 Å². The summed E-state index contributed by atoms with van der Waals surface area (Å²) in [5, 5.41) is 7.86. The van der Waals surface area contributed by atoms with Crippen LogP contribution in [0.2, 0.25) is 0 Å². The van der Waals surface area contributed by atoms with Crippen LogP contribution in [0.5, 0.6) is 5.75 Å². The van der Waals surface area contributed by atoms with Crippen molar-refractivity contribution in [1.29, 1.82) is 0 Å². The molecule has 3 rings (SSSR count). The molecule has 0 saturated carbocycles. The van der Waals surface area contributed by atoms with Crippen LogP contribution in [0.25, 0.3) is 0 Å². The normalized spacial score (nSPS) is 10.5. The van der Waals surface area contributed by atoms with Gasteiger partial charge in [0, 0.05) is 32.8 Å². The minimum atomic E-state index is -0.606. The van der Waals surface area contributed by atoms with Crippen molar-refractivity contribution < 1.29 is 23.5 Å². The fourth-order valence-electron chi connectivity index (χ4n) is 3.90. The molecule has 38 heavy (non-hydrogen) atoms. The number of hydrogen-bond donors (Lipinski definition) is 3. The number of halogens is 1. The van der Waals surface area contributed by atoms with Gasteiger partial charge in [-0.1, -0.05) is 19.1 Å². The van der Waals surface area contributed by atoms with Gasteiger partial charge in [0.15, 0.2) is 6.61 Å². The maximum atomic E-state index is 14.9. The maximum absolute atomic E-state index is 14.9. The van der Waals surface area contributed by atoms with E-state index in [1.807, 2.05) is 6.92 Å². The topological polar surface area (TPSA) is 122 Å². The van der Waals surface area contributed by atoms with Gasteiger partial charge in [-0.3, -0.25) is 28.6 Å². The van der Waals surface area contributed by atoms with Crippen LogP contribution < -0.4 is 31.1 Å². The Morgan fingerprint density at radius 3 is 2.47 bits per heavy atom. The molecule has 1 aromatic heterocycles. The fraction of sp³-hybridized carbons (Fsp3) is 0.259. The molecule has 0 fully saturated rings. The number of nitrogens with zero attached hydrogens (tertiary/aromatic N) is 2. The van der Waals surface area contributed by atoms with Crippen LogP contribution in [0.4, 0.5) is 27.3 Å². The summed E-state index contributed by atoms with van der Waals surface area (Å²) in [4.78, 5) is 51.6. The lowest BCUT2D eigenvalue weighted by atomic mass is 10.1. The highest BCUT2D eigenvalue weighted by molar-refractivity contribution is 6.08. The Morgan fingerprint density at radius 2 is 1.87 bits per heavy atom. The van der Waals surface area contributed by atoms with E-state index in [9.17, 15) is 23.6 Å². The average molecular weight is 524 g/mol. The zero-order chi connectivity index (χ0) is 28.0. The molecule has 11 heteroatoms. The molecule has 1 heterocycles. The number of hydrogen-bond acceptors (Lipinski definition) is 6. The zero-order valence-corrected chi connectivity index (χ0v) is 21.8. The Balaban J connectivity index is 2.22.